The number of hydrogen-bond donors (Lipinski definition) is 0. The van der Waals surface area contributed by atoms with Crippen LogP contribution in [0.4, 0.5) is 0 Å². The van der Waals surface area contributed by atoms with Crippen LogP contribution in [0.5, 0.6) is 0 Å². The van der Waals surface area contributed by atoms with Gasteiger partial charge in [-0.15, -0.1) is 11.3 Å². The third-order valence-electron chi connectivity index (χ3n) is 1.71. The lowest BCUT2D eigenvalue weighted by Gasteiger charge is -1.99. The average molecular weight is 274 g/mol. The second kappa shape index (κ2) is 3.82. The molecule has 0 aliphatic heterocycles. The van der Waals surface area contributed by atoms with Crippen molar-refractivity contribution in [1.29, 1.82) is 0 Å². The Morgan fingerprint density at radius 2 is 1.85 bits per heavy atom. The molecule has 0 unspecified atom stereocenters. The Kier molecular flexibility index (Phi) is 2.72. The van der Waals surface area contributed by atoms with E-state index in [9.17, 15) is 0 Å². The van der Waals surface area contributed by atoms with Crippen LogP contribution in [0.25, 0.3) is 10.4 Å². The lowest BCUT2D eigenvalue weighted by atomic mass is 10.2. The summed E-state index contributed by atoms with van der Waals surface area (Å²) < 4.78 is 1.93. The third-order valence-corrected chi connectivity index (χ3v) is 3.67. The third kappa shape index (κ3) is 1.96. The second-order valence-electron chi connectivity index (χ2n) is 2.58. The minimum Gasteiger partial charge on any atom is -0.123 e. The SMILES string of the molecule is Clc1ccc(-c2ccccc2Br)s1. The van der Waals surface area contributed by atoms with E-state index in [1.54, 1.807) is 11.3 Å². The van der Waals surface area contributed by atoms with Crippen LogP contribution >= 0.6 is 38.9 Å². The lowest BCUT2D eigenvalue weighted by molar-refractivity contribution is 1.64. The summed E-state index contributed by atoms with van der Waals surface area (Å²) in [5.74, 6) is 0. The molecular formula is C10H6BrClS. The van der Waals surface area contributed by atoms with Gasteiger partial charge in [0.25, 0.3) is 0 Å². The Morgan fingerprint density at radius 1 is 1.08 bits per heavy atom. The molecule has 0 saturated carbocycles. The molecule has 0 nitrogen and oxygen atoms in total. The van der Waals surface area contributed by atoms with Crippen molar-refractivity contribution >= 4 is 38.9 Å². The Morgan fingerprint density at radius 3 is 2.46 bits per heavy atom. The molecule has 0 N–H and O–H groups in total. The summed E-state index contributed by atoms with van der Waals surface area (Å²) >= 11 is 11.0. The maximum absolute atomic E-state index is 5.87. The summed E-state index contributed by atoms with van der Waals surface area (Å²) in [5, 5.41) is 0. The van der Waals surface area contributed by atoms with Gasteiger partial charge in [0.2, 0.25) is 0 Å². The fourth-order valence-electron chi connectivity index (χ4n) is 1.12. The monoisotopic (exact) mass is 272 g/mol. The zero-order valence-corrected chi connectivity index (χ0v) is 9.79. The van der Waals surface area contributed by atoms with E-state index in [4.69, 9.17) is 11.6 Å². The van der Waals surface area contributed by atoms with Crippen molar-refractivity contribution in [3.8, 4) is 10.4 Å². The van der Waals surface area contributed by atoms with Gasteiger partial charge in [0.05, 0.1) is 4.34 Å². The van der Waals surface area contributed by atoms with Crippen LogP contribution in [0.3, 0.4) is 0 Å². The van der Waals surface area contributed by atoms with E-state index in [-0.39, 0.29) is 0 Å². The zero-order valence-electron chi connectivity index (χ0n) is 6.63. The van der Waals surface area contributed by atoms with Crippen molar-refractivity contribution in [2.24, 2.45) is 0 Å². The highest BCUT2D eigenvalue weighted by Crippen LogP contribution is 2.34. The first kappa shape index (κ1) is 9.25. The van der Waals surface area contributed by atoms with E-state index in [0.717, 1.165) is 8.81 Å². The van der Waals surface area contributed by atoms with Crippen molar-refractivity contribution in [3.05, 3.63) is 45.2 Å². The molecule has 0 aliphatic rings. The molecule has 3 heteroatoms. The molecule has 0 saturated heterocycles. The molecule has 1 heterocycles. The van der Waals surface area contributed by atoms with E-state index >= 15 is 0 Å². The van der Waals surface area contributed by atoms with Gasteiger partial charge in [-0.05, 0) is 18.2 Å². The molecule has 0 spiro atoms. The van der Waals surface area contributed by atoms with Crippen molar-refractivity contribution in [2.75, 3.05) is 0 Å². The lowest BCUT2D eigenvalue weighted by Crippen LogP contribution is -1.72. The summed E-state index contributed by atoms with van der Waals surface area (Å²) in [6, 6.07) is 12.1. The maximum atomic E-state index is 5.87. The van der Waals surface area contributed by atoms with Gasteiger partial charge < -0.3 is 0 Å². The van der Waals surface area contributed by atoms with Crippen molar-refractivity contribution in [2.45, 2.75) is 0 Å². The quantitative estimate of drug-likeness (QED) is 0.698. The first-order valence-corrected chi connectivity index (χ1v) is 5.76. The highest BCUT2D eigenvalue weighted by Gasteiger charge is 2.03. The standard InChI is InChI=1S/C10H6BrClS/c11-8-4-2-1-3-7(8)9-5-6-10(12)13-9/h1-6H. The summed E-state index contributed by atoms with van der Waals surface area (Å²) in [7, 11) is 0. The van der Waals surface area contributed by atoms with Crippen LogP contribution in [-0.2, 0) is 0 Å². The van der Waals surface area contributed by atoms with Crippen LogP contribution in [0.1, 0.15) is 0 Å². The maximum Gasteiger partial charge on any atom is 0.0934 e. The fraction of sp³-hybridized carbons (Fsp3) is 0. The summed E-state index contributed by atoms with van der Waals surface area (Å²) in [4.78, 5) is 1.19. The van der Waals surface area contributed by atoms with Gasteiger partial charge in [-0.2, -0.15) is 0 Å². The topological polar surface area (TPSA) is 0 Å². The molecule has 1 aromatic heterocycles. The van der Waals surface area contributed by atoms with E-state index < -0.39 is 0 Å². The average Bonchev–Trinajstić information content (AvgIpc) is 2.53. The van der Waals surface area contributed by atoms with Gasteiger partial charge in [-0.25, -0.2) is 0 Å². The Bertz CT molecular complexity index is 422. The van der Waals surface area contributed by atoms with Gasteiger partial charge in [0.1, 0.15) is 0 Å². The van der Waals surface area contributed by atoms with Crippen molar-refractivity contribution in [3.63, 3.8) is 0 Å². The first-order valence-electron chi connectivity index (χ1n) is 3.77. The second-order valence-corrected chi connectivity index (χ2v) is 5.15. The van der Waals surface area contributed by atoms with Gasteiger partial charge in [-0.3, -0.25) is 0 Å². The molecule has 13 heavy (non-hydrogen) atoms. The van der Waals surface area contributed by atoms with E-state index in [1.807, 2.05) is 30.3 Å². The fourth-order valence-corrected chi connectivity index (χ4v) is 2.83. The molecule has 0 aliphatic carbocycles. The number of halogens is 2. The van der Waals surface area contributed by atoms with Crippen molar-refractivity contribution in [1.82, 2.24) is 0 Å². The molecule has 66 valence electrons. The van der Waals surface area contributed by atoms with Gasteiger partial charge >= 0.3 is 0 Å². The summed E-state index contributed by atoms with van der Waals surface area (Å²) in [6.07, 6.45) is 0. The zero-order chi connectivity index (χ0) is 9.26. The largest absolute Gasteiger partial charge is 0.123 e. The summed E-state index contributed by atoms with van der Waals surface area (Å²) in [6.45, 7) is 0. The van der Waals surface area contributed by atoms with Crippen LogP contribution in [0, 0.1) is 0 Å². The molecule has 0 atom stereocenters. The Labute approximate surface area is 94.3 Å². The number of rotatable bonds is 1. The molecular weight excluding hydrogens is 268 g/mol. The van der Waals surface area contributed by atoms with Crippen molar-refractivity contribution < 1.29 is 0 Å². The highest BCUT2D eigenvalue weighted by atomic mass is 79.9. The molecule has 2 aromatic rings. The highest BCUT2D eigenvalue weighted by molar-refractivity contribution is 9.10. The van der Waals surface area contributed by atoms with E-state index in [1.165, 1.54) is 10.4 Å². The number of benzene rings is 1. The molecule has 0 bridgehead atoms. The van der Waals surface area contributed by atoms with Crippen LogP contribution in [0.15, 0.2) is 40.9 Å². The van der Waals surface area contributed by atoms with Crippen LogP contribution in [0.2, 0.25) is 4.34 Å². The molecule has 2 rings (SSSR count). The van der Waals surface area contributed by atoms with Gasteiger partial charge in [0.15, 0.2) is 0 Å². The summed E-state index contributed by atoms with van der Waals surface area (Å²) in [5.41, 5.74) is 1.19. The number of thiophene rings is 1. The predicted molar refractivity (Wildman–Crippen MR) is 62.5 cm³/mol. The first-order chi connectivity index (χ1) is 6.27. The Balaban J connectivity index is 2.52. The normalized spacial score (nSPS) is 10.3. The van der Waals surface area contributed by atoms with Crippen LogP contribution < -0.4 is 0 Å². The molecule has 0 amide bonds. The Hall–Kier alpha value is -0.310. The van der Waals surface area contributed by atoms with E-state index in [0.29, 0.717) is 0 Å². The minimum atomic E-state index is 0.825. The van der Waals surface area contributed by atoms with Crippen LogP contribution in [-0.4, -0.2) is 0 Å². The smallest absolute Gasteiger partial charge is 0.0934 e. The van der Waals surface area contributed by atoms with Gasteiger partial charge in [-0.1, -0.05) is 45.7 Å². The predicted octanol–water partition coefficient (Wildman–Crippen LogP) is 4.83. The van der Waals surface area contributed by atoms with Gasteiger partial charge in [0, 0.05) is 14.9 Å². The minimum absolute atomic E-state index is 0.825. The van der Waals surface area contributed by atoms with E-state index in [2.05, 4.69) is 22.0 Å². The number of hydrogen-bond acceptors (Lipinski definition) is 1. The molecule has 0 fully saturated rings. The molecule has 0 radical (unpaired) electrons. The molecule has 1 aromatic carbocycles.